The monoisotopic (exact) mass is 189 g/mol. The van der Waals surface area contributed by atoms with Crippen LogP contribution >= 0.6 is 0 Å². The van der Waals surface area contributed by atoms with Gasteiger partial charge in [-0.15, -0.1) is 0 Å². The molecule has 0 aliphatic carbocycles. The Bertz CT molecular complexity index is 334. The van der Waals surface area contributed by atoms with Gasteiger partial charge < -0.3 is 4.90 Å². The Balaban J connectivity index is 2.95. The predicted molar refractivity (Wildman–Crippen MR) is 58.3 cm³/mol. The molecule has 0 N–H and O–H groups in total. The molecule has 1 aliphatic rings. The Morgan fingerprint density at radius 2 is 2.29 bits per heavy atom. The summed E-state index contributed by atoms with van der Waals surface area (Å²) in [5.74, 6) is 0.0629. The van der Waals surface area contributed by atoms with E-state index in [9.17, 15) is 4.79 Å². The van der Waals surface area contributed by atoms with E-state index in [1.165, 1.54) is 0 Å². The molecule has 0 spiro atoms. The maximum Gasteiger partial charge on any atom is 0.176 e. The first-order chi connectivity index (χ1) is 6.66. The lowest BCUT2D eigenvalue weighted by Gasteiger charge is -2.24. The second-order valence-corrected chi connectivity index (χ2v) is 3.12. The van der Waals surface area contributed by atoms with Crippen molar-refractivity contribution in [3.8, 4) is 0 Å². The molecule has 0 atom stereocenters. The molecule has 0 saturated carbocycles. The highest BCUT2D eigenvalue weighted by Gasteiger charge is 2.13. The number of hydrogen-bond donors (Lipinski definition) is 0. The maximum absolute atomic E-state index is 11.4. The molecule has 2 heteroatoms. The number of ketones is 1. The van der Waals surface area contributed by atoms with Gasteiger partial charge in [0.15, 0.2) is 5.78 Å². The lowest BCUT2D eigenvalue weighted by molar-refractivity contribution is -0.114. The third kappa shape index (κ3) is 2.22. The van der Waals surface area contributed by atoms with Gasteiger partial charge in [-0.25, -0.2) is 0 Å². The molecular formula is C12H15NO. The third-order valence-electron chi connectivity index (χ3n) is 1.96. The molecule has 0 saturated heterocycles. The summed E-state index contributed by atoms with van der Waals surface area (Å²) in [5, 5.41) is 0. The van der Waals surface area contributed by atoms with Crippen molar-refractivity contribution in [1.29, 1.82) is 0 Å². The standard InChI is InChI=1S/C12H15NO/c1-4-7-12(11(3)14)13-9-6-5-8-10(13)2/h5-9H,2,4H2,1,3H3/b12-7-. The molecule has 74 valence electrons. The fourth-order valence-electron chi connectivity index (χ4n) is 1.32. The van der Waals surface area contributed by atoms with Crippen molar-refractivity contribution in [3.63, 3.8) is 0 Å². The number of allylic oxidation sites excluding steroid dienone is 5. The van der Waals surface area contributed by atoms with E-state index in [-0.39, 0.29) is 5.78 Å². The molecule has 0 amide bonds. The van der Waals surface area contributed by atoms with Crippen LogP contribution in [0.5, 0.6) is 0 Å². The van der Waals surface area contributed by atoms with Crippen LogP contribution in [0.25, 0.3) is 0 Å². The molecule has 0 unspecified atom stereocenters. The number of Topliss-reactive ketones (excluding diaryl/α,β-unsaturated/α-hetero) is 1. The Morgan fingerprint density at radius 3 is 2.79 bits per heavy atom. The molecular weight excluding hydrogens is 174 g/mol. The average molecular weight is 189 g/mol. The van der Waals surface area contributed by atoms with E-state index < -0.39 is 0 Å². The lowest BCUT2D eigenvalue weighted by Crippen LogP contribution is -2.20. The smallest absolute Gasteiger partial charge is 0.176 e. The molecule has 0 aromatic heterocycles. The first kappa shape index (κ1) is 10.5. The van der Waals surface area contributed by atoms with Crippen molar-refractivity contribution >= 4 is 5.78 Å². The lowest BCUT2D eigenvalue weighted by atomic mass is 10.2. The first-order valence-corrected chi connectivity index (χ1v) is 4.71. The highest BCUT2D eigenvalue weighted by Crippen LogP contribution is 2.18. The average Bonchev–Trinajstić information content (AvgIpc) is 2.15. The number of nitrogens with zero attached hydrogens (tertiary/aromatic N) is 1. The van der Waals surface area contributed by atoms with Crippen LogP contribution in [0.1, 0.15) is 20.3 Å². The van der Waals surface area contributed by atoms with Crippen LogP contribution in [-0.2, 0) is 4.79 Å². The van der Waals surface area contributed by atoms with E-state index in [4.69, 9.17) is 0 Å². The quantitative estimate of drug-likeness (QED) is 0.636. The van der Waals surface area contributed by atoms with Gasteiger partial charge in [0, 0.05) is 18.8 Å². The molecule has 2 nitrogen and oxygen atoms in total. The summed E-state index contributed by atoms with van der Waals surface area (Å²) in [6.07, 6.45) is 10.3. The van der Waals surface area contributed by atoms with Crippen molar-refractivity contribution in [3.05, 3.63) is 48.5 Å². The summed E-state index contributed by atoms with van der Waals surface area (Å²) in [4.78, 5) is 13.2. The molecule has 0 bridgehead atoms. The van der Waals surface area contributed by atoms with Gasteiger partial charge in [0.25, 0.3) is 0 Å². The summed E-state index contributed by atoms with van der Waals surface area (Å²) in [7, 11) is 0. The topological polar surface area (TPSA) is 20.3 Å². The van der Waals surface area contributed by atoms with E-state index in [0.29, 0.717) is 5.70 Å². The second kappa shape index (κ2) is 4.61. The van der Waals surface area contributed by atoms with Gasteiger partial charge in [-0.2, -0.15) is 0 Å². The highest BCUT2D eigenvalue weighted by molar-refractivity contribution is 5.93. The summed E-state index contributed by atoms with van der Waals surface area (Å²) < 4.78 is 0. The minimum Gasteiger partial charge on any atom is -0.315 e. The zero-order valence-corrected chi connectivity index (χ0v) is 8.66. The highest BCUT2D eigenvalue weighted by atomic mass is 16.1. The normalized spacial score (nSPS) is 16.3. The molecule has 1 heterocycles. The largest absolute Gasteiger partial charge is 0.315 e. The van der Waals surface area contributed by atoms with Crippen LogP contribution in [0.2, 0.25) is 0 Å². The first-order valence-electron chi connectivity index (χ1n) is 4.71. The van der Waals surface area contributed by atoms with Crippen molar-refractivity contribution in [2.24, 2.45) is 0 Å². The van der Waals surface area contributed by atoms with Gasteiger partial charge in [-0.05, 0) is 18.6 Å². The molecule has 0 radical (unpaired) electrons. The Morgan fingerprint density at radius 1 is 1.57 bits per heavy atom. The summed E-state index contributed by atoms with van der Waals surface area (Å²) >= 11 is 0. The van der Waals surface area contributed by atoms with E-state index in [0.717, 1.165) is 12.1 Å². The molecule has 1 aliphatic heterocycles. The predicted octanol–water partition coefficient (Wildman–Crippen LogP) is 2.77. The zero-order valence-electron chi connectivity index (χ0n) is 8.66. The van der Waals surface area contributed by atoms with Crippen LogP contribution < -0.4 is 0 Å². The summed E-state index contributed by atoms with van der Waals surface area (Å²) in [5.41, 5.74) is 1.51. The molecule has 14 heavy (non-hydrogen) atoms. The fourth-order valence-corrected chi connectivity index (χ4v) is 1.32. The Labute approximate surface area is 84.9 Å². The minimum absolute atomic E-state index is 0.0629. The van der Waals surface area contributed by atoms with Gasteiger partial charge in [-0.3, -0.25) is 4.79 Å². The van der Waals surface area contributed by atoms with E-state index in [1.807, 2.05) is 42.3 Å². The second-order valence-electron chi connectivity index (χ2n) is 3.12. The van der Waals surface area contributed by atoms with Gasteiger partial charge in [0.1, 0.15) is 0 Å². The molecule has 0 fully saturated rings. The van der Waals surface area contributed by atoms with Crippen LogP contribution in [-0.4, -0.2) is 10.7 Å². The molecule has 0 aromatic rings. The summed E-state index contributed by atoms with van der Waals surface area (Å²) in [6, 6.07) is 0. The van der Waals surface area contributed by atoms with Gasteiger partial charge in [0.05, 0.1) is 5.70 Å². The van der Waals surface area contributed by atoms with E-state index in [1.54, 1.807) is 6.92 Å². The zero-order chi connectivity index (χ0) is 10.6. The Kier molecular flexibility index (Phi) is 3.46. The van der Waals surface area contributed by atoms with Crippen LogP contribution in [0.3, 0.4) is 0 Å². The number of hydrogen-bond acceptors (Lipinski definition) is 2. The molecule has 0 aromatic carbocycles. The fraction of sp³-hybridized carbons (Fsp3) is 0.250. The summed E-state index contributed by atoms with van der Waals surface area (Å²) in [6.45, 7) is 7.46. The molecule has 1 rings (SSSR count). The third-order valence-corrected chi connectivity index (χ3v) is 1.96. The van der Waals surface area contributed by atoms with Crippen LogP contribution in [0.15, 0.2) is 48.5 Å². The number of rotatable bonds is 3. The van der Waals surface area contributed by atoms with Gasteiger partial charge in [-0.1, -0.05) is 25.7 Å². The van der Waals surface area contributed by atoms with Gasteiger partial charge >= 0.3 is 0 Å². The maximum atomic E-state index is 11.4. The van der Waals surface area contributed by atoms with Crippen molar-refractivity contribution < 1.29 is 4.79 Å². The van der Waals surface area contributed by atoms with Crippen LogP contribution in [0.4, 0.5) is 0 Å². The van der Waals surface area contributed by atoms with Gasteiger partial charge in [0.2, 0.25) is 0 Å². The Hall–Kier alpha value is -1.57. The number of carbonyl (C=O) groups excluding carboxylic acids is 1. The van der Waals surface area contributed by atoms with Crippen LogP contribution in [0, 0.1) is 0 Å². The number of carbonyl (C=O) groups is 1. The van der Waals surface area contributed by atoms with Crippen molar-refractivity contribution in [1.82, 2.24) is 4.90 Å². The van der Waals surface area contributed by atoms with Crippen molar-refractivity contribution in [2.75, 3.05) is 0 Å². The van der Waals surface area contributed by atoms with E-state index >= 15 is 0 Å². The van der Waals surface area contributed by atoms with E-state index in [2.05, 4.69) is 6.58 Å². The minimum atomic E-state index is 0.0629. The SMILES string of the molecule is C=C1C=CC=CN1/C(=C\CC)C(C)=O. The van der Waals surface area contributed by atoms with Crippen molar-refractivity contribution in [2.45, 2.75) is 20.3 Å².